The van der Waals surface area contributed by atoms with Gasteiger partial charge in [-0.2, -0.15) is 0 Å². The molecule has 0 spiro atoms. The second-order valence-corrected chi connectivity index (χ2v) is 2.87. The van der Waals surface area contributed by atoms with Crippen molar-refractivity contribution in [2.75, 3.05) is 37.9 Å². The highest BCUT2D eigenvalue weighted by molar-refractivity contribution is 5.89. The number of nitrogens with zero attached hydrogens (tertiary/aromatic N) is 1. The van der Waals surface area contributed by atoms with Crippen molar-refractivity contribution in [2.45, 2.75) is 0 Å². The predicted octanol–water partition coefficient (Wildman–Crippen LogP) is 0.883. The fourth-order valence-corrected chi connectivity index (χ4v) is 1.16. The van der Waals surface area contributed by atoms with Crippen LogP contribution < -0.4 is 10.2 Å². The van der Waals surface area contributed by atoms with Crippen molar-refractivity contribution in [3.8, 4) is 0 Å². The minimum atomic E-state index is -3.01. The van der Waals surface area contributed by atoms with Crippen molar-refractivity contribution in [1.29, 1.82) is 0 Å². The maximum absolute atomic E-state index is 11.7. The molecule has 0 amide bonds. The first-order valence-electron chi connectivity index (χ1n) is 9.85. The number of ether oxygens (including phenoxy) is 1. The average Bonchev–Trinajstić information content (AvgIpc) is 2.43. The van der Waals surface area contributed by atoms with E-state index in [1.807, 2.05) is 0 Å². The molecule has 1 fully saturated rings. The van der Waals surface area contributed by atoms with E-state index >= 15 is 0 Å². The Morgan fingerprint density at radius 2 is 2.12 bits per heavy atom. The van der Waals surface area contributed by atoms with Crippen LogP contribution in [0.1, 0.15) is 25.4 Å². The Kier molecular flexibility index (Phi) is 1.16. The van der Waals surface area contributed by atoms with Crippen LogP contribution in [0.3, 0.4) is 0 Å². The molecule has 1 N–H and O–H groups in total. The Labute approximate surface area is 111 Å². The summed E-state index contributed by atoms with van der Waals surface area (Å²) in [5.74, 6) is -1.18. The third kappa shape index (κ3) is 2.33. The topological polar surface area (TPSA) is 41.6 Å². The molecule has 2 rings (SSSR count). The van der Waals surface area contributed by atoms with E-state index in [1.165, 1.54) is 0 Å². The third-order valence-corrected chi connectivity index (χ3v) is 1.91. The molecule has 1 heterocycles. The Balaban J connectivity index is 2.46. The summed E-state index contributed by atoms with van der Waals surface area (Å²) in [5.41, 5.74) is -0.471. The molecule has 0 atom stereocenters. The van der Waals surface area contributed by atoms with E-state index < -0.39 is 39.0 Å². The third-order valence-electron chi connectivity index (χ3n) is 1.91. The highest BCUT2D eigenvalue weighted by Crippen LogP contribution is 2.16. The summed E-state index contributed by atoms with van der Waals surface area (Å²) in [6.45, 7) is -11.9. The van der Waals surface area contributed by atoms with Gasteiger partial charge in [0, 0.05) is 37.2 Å². The molecule has 1 aromatic carbocycles. The molecule has 4 heteroatoms. The van der Waals surface area contributed by atoms with Gasteiger partial charge >= 0.3 is 5.97 Å². The molecule has 0 bridgehead atoms. The molecule has 86 valence electrons. The van der Waals surface area contributed by atoms with Crippen LogP contribution in [0.4, 0.5) is 5.69 Å². The minimum Gasteiger partial charge on any atom is -0.465 e. The fourth-order valence-electron chi connectivity index (χ4n) is 1.16. The van der Waals surface area contributed by atoms with Crippen LogP contribution in [0, 0.1) is 0 Å². The molecular formula is C12H16N2O2. The average molecular weight is 231 g/mol. The van der Waals surface area contributed by atoms with Crippen LogP contribution in [0.25, 0.3) is 0 Å². The zero-order valence-corrected chi connectivity index (χ0v) is 8.07. The van der Waals surface area contributed by atoms with Gasteiger partial charge in [-0.1, -0.05) is 0 Å². The molecule has 0 unspecified atom stereocenters. The summed E-state index contributed by atoms with van der Waals surface area (Å²) < 4.78 is 87.9. The van der Waals surface area contributed by atoms with Crippen LogP contribution in [-0.2, 0) is 4.74 Å². The first kappa shape index (κ1) is 3.74. The lowest BCUT2D eigenvalue weighted by atomic mass is 10.2. The first-order chi connectivity index (χ1) is 11.9. The zero-order valence-electron chi connectivity index (χ0n) is 19.1. The number of esters is 1. The molecule has 0 aromatic heterocycles. The quantitative estimate of drug-likeness (QED) is 0.767. The van der Waals surface area contributed by atoms with Gasteiger partial charge in [-0.3, -0.25) is 0 Å². The lowest BCUT2D eigenvalue weighted by molar-refractivity contribution is 0.0601. The summed E-state index contributed by atoms with van der Waals surface area (Å²) in [7, 11) is -2.96. The van der Waals surface area contributed by atoms with Crippen LogP contribution in [-0.4, -0.2) is 39.0 Å². The zero-order chi connectivity index (χ0) is 21.1. The van der Waals surface area contributed by atoms with Gasteiger partial charge in [0.25, 0.3) is 0 Å². The van der Waals surface area contributed by atoms with Crippen LogP contribution in [0.5, 0.6) is 0 Å². The van der Waals surface area contributed by atoms with E-state index in [4.69, 9.17) is 15.1 Å². The van der Waals surface area contributed by atoms with Gasteiger partial charge in [0.2, 0.25) is 0 Å². The van der Waals surface area contributed by atoms with Crippen LogP contribution in [0.2, 0.25) is 0 Å². The SMILES string of the molecule is [2H]C([2H])([2H])OC(=O)c1ccc(N2C([2H])([2H])C([2H])([2H])NC([2H])([2H])C2([2H])[2H])cc1. The maximum Gasteiger partial charge on any atom is 0.337 e. The summed E-state index contributed by atoms with van der Waals surface area (Å²) >= 11 is 0. The van der Waals surface area contributed by atoms with Gasteiger partial charge in [0.15, 0.2) is 0 Å². The molecule has 1 aliphatic heterocycles. The Morgan fingerprint density at radius 1 is 1.44 bits per heavy atom. The highest BCUT2D eigenvalue weighted by Gasteiger charge is 2.11. The van der Waals surface area contributed by atoms with Crippen molar-refractivity contribution in [3.63, 3.8) is 0 Å². The van der Waals surface area contributed by atoms with Gasteiger partial charge in [0.05, 0.1) is 22.2 Å². The second kappa shape index (κ2) is 4.99. The normalized spacial score (nSPS) is 39.5. The van der Waals surface area contributed by atoms with Crippen molar-refractivity contribution in [2.24, 2.45) is 0 Å². The van der Waals surface area contributed by atoms with E-state index in [0.29, 0.717) is 4.90 Å². The van der Waals surface area contributed by atoms with E-state index in [-0.39, 0.29) is 11.3 Å². The number of anilines is 1. The fraction of sp³-hybridized carbons (Fsp3) is 0.417. The lowest BCUT2D eigenvalue weighted by Gasteiger charge is -2.29. The van der Waals surface area contributed by atoms with Gasteiger partial charge < -0.3 is 15.0 Å². The summed E-state index contributed by atoms with van der Waals surface area (Å²) in [4.78, 5) is 12.0. The number of piperazine rings is 1. The lowest BCUT2D eigenvalue weighted by Crippen LogP contribution is -2.43. The Morgan fingerprint density at radius 3 is 2.75 bits per heavy atom. The predicted molar refractivity (Wildman–Crippen MR) is 62.9 cm³/mol. The molecule has 0 radical (unpaired) electrons. The van der Waals surface area contributed by atoms with Crippen molar-refractivity contribution < 1.29 is 24.6 Å². The number of benzene rings is 1. The Hall–Kier alpha value is -1.55. The van der Waals surface area contributed by atoms with E-state index in [0.717, 1.165) is 24.3 Å². The monoisotopic (exact) mass is 231 g/mol. The Bertz CT molecular complexity index is 704. The molecular weight excluding hydrogens is 204 g/mol. The van der Waals surface area contributed by atoms with Crippen LogP contribution >= 0.6 is 0 Å². The molecule has 16 heavy (non-hydrogen) atoms. The number of nitrogens with one attached hydrogen (secondary N) is 1. The van der Waals surface area contributed by atoms with E-state index in [2.05, 4.69) is 4.74 Å². The van der Waals surface area contributed by atoms with Crippen molar-refractivity contribution >= 4 is 11.7 Å². The maximum atomic E-state index is 11.7. The largest absolute Gasteiger partial charge is 0.465 e. The summed E-state index contributed by atoms with van der Waals surface area (Å²) in [6, 6.07) is 4.18. The first-order valence-corrected chi connectivity index (χ1v) is 4.35. The number of carbonyl (C=O) groups excluding carboxylic acids is 1. The number of carbonyl (C=O) groups is 1. The van der Waals surface area contributed by atoms with Gasteiger partial charge in [-0.15, -0.1) is 0 Å². The molecule has 0 saturated carbocycles. The number of hydrogen-bond donors (Lipinski definition) is 1. The van der Waals surface area contributed by atoms with Gasteiger partial charge in [0.1, 0.15) is 0 Å². The van der Waals surface area contributed by atoms with E-state index in [1.54, 1.807) is 5.32 Å². The molecule has 1 aromatic rings. The summed E-state index contributed by atoms with van der Waals surface area (Å²) in [5, 5.41) is 1.71. The molecule has 1 aliphatic rings. The van der Waals surface area contributed by atoms with Crippen molar-refractivity contribution in [3.05, 3.63) is 29.8 Å². The summed E-state index contributed by atoms with van der Waals surface area (Å²) in [6.07, 6.45) is 0. The smallest absolute Gasteiger partial charge is 0.337 e. The van der Waals surface area contributed by atoms with Gasteiger partial charge in [-0.25, -0.2) is 4.79 Å². The minimum absolute atomic E-state index is 0.211. The van der Waals surface area contributed by atoms with E-state index in [9.17, 15) is 4.79 Å². The standard InChI is InChI=1S/C12H16N2O2/c1-16-12(15)10-2-4-11(5-3-10)14-8-6-13-7-9-14/h2-5,13H,6-9H2,1H3/i1D3,6D2,7D2,8D2,9D2. The molecule has 1 saturated heterocycles. The van der Waals surface area contributed by atoms with Gasteiger partial charge in [-0.05, 0) is 24.3 Å². The second-order valence-electron chi connectivity index (χ2n) is 2.87. The number of hydrogen-bond acceptors (Lipinski definition) is 4. The molecule has 4 nitrogen and oxygen atoms in total. The number of methoxy groups -OCH3 is 1. The van der Waals surface area contributed by atoms with Crippen LogP contribution in [0.15, 0.2) is 24.3 Å². The van der Waals surface area contributed by atoms with Crippen molar-refractivity contribution in [1.82, 2.24) is 5.32 Å². The highest BCUT2D eigenvalue weighted by atomic mass is 16.5. The number of rotatable bonds is 2. The molecule has 0 aliphatic carbocycles.